The molecular formula is C15H21N5O2S. The molecule has 1 aliphatic rings. The lowest BCUT2D eigenvalue weighted by molar-refractivity contribution is 0.102. The number of anilines is 1. The Morgan fingerprint density at radius 2 is 2.30 bits per heavy atom. The Labute approximate surface area is 139 Å². The Morgan fingerprint density at radius 1 is 1.52 bits per heavy atom. The number of nitrogens with zero attached hydrogens (tertiary/aromatic N) is 3. The topological polar surface area (TPSA) is 81.1 Å². The van der Waals surface area contributed by atoms with Gasteiger partial charge in [0.15, 0.2) is 5.82 Å². The van der Waals surface area contributed by atoms with Crippen molar-refractivity contribution in [2.75, 3.05) is 25.5 Å². The van der Waals surface area contributed by atoms with Gasteiger partial charge in [-0.25, -0.2) is 4.68 Å². The first-order chi connectivity index (χ1) is 11.2. The molecule has 124 valence electrons. The van der Waals surface area contributed by atoms with Crippen LogP contribution in [0.3, 0.4) is 0 Å². The molecule has 2 aromatic heterocycles. The minimum atomic E-state index is -0.167. The van der Waals surface area contributed by atoms with E-state index >= 15 is 0 Å². The van der Waals surface area contributed by atoms with Crippen molar-refractivity contribution in [1.82, 2.24) is 20.1 Å². The third kappa shape index (κ3) is 3.60. The zero-order valence-electron chi connectivity index (χ0n) is 13.3. The number of carbonyl (C=O) groups is 1. The van der Waals surface area contributed by atoms with Gasteiger partial charge in [-0.05, 0) is 37.4 Å². The summed E-state index contributed by atoms with van der Waals surface area (Å²) in [5, 5.41) is 12.6. The Hall–Kier alpha value is -1.77. The number of ether oxygens (including phenoxy) is 1. The predicted molar refractivity (Wildman–Crippen MR) is 88.8 cm³/mol. The van der Waals surface area contributed by atoms with Crippen LogP contribution < -0.4 is 10.6 Å². The summed E-state index contributed by atoms with van der Waals surface area (Å²) in [6.45, 7) is 2.39. The van der Waals surface area contributed by atoms with Gasteiger partial charge < -0.3 is 10.1 Å². The number of thiophene rings is 1. The highest BCUT2D eigenvalue weighted by Gasteiger charge is 2.22. The summed E-state index contributed by atoms with van der Waals surface area (Å²) < 4.78 is 6.76. The van der Waals surface area contributed by atoms with Crippen molar-refractivity contribution in [3.05, 3.63) is 27.7 Å². The lowest BCUT2D eigenvalue weighted by atomic mass is 9.98. The fourth-order valence-electron chi connectivity index (χ4n) is 2.73. The standard InChI is InChI=1S/C15H21N5O2S/c1-20-15(17-13(19-20)10-3-6-16-7-4-10)18-14(21)12-11(9-22-2)5-8-23-12/h5,8,10,16H,3-4,6-7,9H2,1-2H3,(H,17,18,19,21). The largest absolute Gasteiger partial charge is 0.380 e. The molecule has 7 nitrogen and oxygen atoms in total. The molecule has 0 aliphatic carbocycles. The van der Waals surface area contributed by atoms with Gasteiger partial charge in [0.2, 0.25) is 5.95 Å². The number of amides is 1. The van der Waals surface area contributed by atoms with Crippen molar-refractivity contribution in [2.45, 2.75) is 25.4 Å². The second-order valence-electron chi connectivity index (χ2n) is 5.60. The SMILES string of the molecule is COCc1ccsc1C(=O)Nc1nc(C2CCNCC2)nn1C. The van der Waals surface area contributed by atoms with Crippen molar-refractivity contribution in [2.24, 2.45) is 7.05 Å². The molecule has 8 heteroatoms. The molecular weight excluding hydrogens is 314 g/mol. The molecule has 0 radical (unpaired) electrons. The number of carbonyl (C=O) groups excluding carboxylic acids is 1. The zero-order valence-corrected chi connectivity index (χ0v) is 14.2. The molecule has 0 spiro atoms. The van der Waals surface area contributed by atoms with E-state index in [-0.39, 0.29) is 5.91 Å². The van der Waals surface area contributed by atoms with Gasteiger partial charge in [-0.1, -0.05) is 0 Å². The summed E-state index contributed by atoms with van der Waals surface area (Å²) in [6.07, 6.45) is 2.06. The number of hydrogen-bond acceptors (Lipinski definition) is 6. The van der Waals surface area contributed by atoms with Gasteiger partial charge in [-0.2, -0.15) is 10.1 Å². The molecule has 0 unspecified atom stereocenters. The number of aromatic nitrogens is 3. The molecule has 0 bridgehead atoms. The Bertz CT molecular complexity index is 675. The first-order valence-corrected chi connectivity index (χ1v) is 8.55. The lowest BCUT2D eigenvalue weighted by Crippen LogP contribution is -2.27. The quantitative estimate of drug-likeness (QED) is 0.870. The van der Waals surface area contributed by atoms with Crippen LogP contribution in [-0.4, -0.2) is 40.9 Å². The molecule has 1 aliphatic heterocycles. The fourth-order valence-corrected chi connectivity index (χ4v) is 3.53. The third-order valence-corrected chi connectivity index (χ3v) is 4.92. The van der Waals surface area contributed by atoms with Crippen LogP contribution in [0.15, 0.2) is 11.4 Å². The molecule has 23 heavy (non-hydrogen) atoms. The maximum absolute atomic E-state index is 12.5. The highest BCUT2D eigenvalue weighted by atomic mass is 32.1. The second-order valence-corrected chi connectivity index (χ2v) is 6.52. The first-order valence-electron chi connectivity index (χ1n) is 7.67. The van der Waals surface area contributed by atoms with Crippen LogP contribution in [0.5, 0.6) is 0 Å². The van der Waals surface area contributed by atoms with E-state index in [2.05, 4.69) is 20.7 Å². The predicted octanol–water partition coefficient (Wildman–Crippen LogP) is 1.74. The molecule has 1 saturated heterocycles. The highest BCUT2D eigenvalue weighted by molar-refractivity contribution is 7.12. The summed E-state index contributed by atoms with van der Waals surface area (Å²) in [4.78, 5) is 17.6. The molecule has 3 rings (SSSR count). The van der Waals surface area contributed by atoms with E-state index in [0.29, 0.717) is 23.4 Å². The monoisotopic (exact) mass is 335 g/mol. The van der Waals surface area contributed by atoms with Crippen molar-refractivity contribution in [3.8, 4) is 0 Å². The van der Waals surface area contributed by atoms with Crippen molar-refractivity contribution < 1.29 is 9.53 Å². The minimum Gasteiger partial charge on any atom is -0.380 e. The van der Waals surface area contributed by atoms with E-state index in [1.165, 1.54) is 11.3 Å². The zero-order chi connectivity index (χ0) is 16.2. The van der Waals surface area contributed by atoms with Crippen LogP contribution in [-0.2, 0) is 18.4 Å². The van der Waals surface area contributed by atoms with E-state index in [4.69, 9.17) is 4.74 Å². The van der Waals surface area contributed by atoms with Gasteiger partial charge in [0.1, 0.15) is 0 Å². The average Bonchev–Trinajstić information content (AvgIpc) is 3.16. The van der Waals surface area contributed by atoms with E-state index in [9.17, 15) is 4.79 Å². The summed E-state index contributed by atoms with van der Waals surface area (Å²) in [5.41, 5.74) is 0.885. The van der Waals surface area contributed by atoms with Crippen LogP contribution in [0.2, 0.25) is 0 Å². The van der Waals surface area contributed by atoms with Gasteiger partial charge in [0, 0.05) is 25.6 Å². The molecule has 0 atom stereocenters. The van der Waals surface area contributed by atoms with Gasteiger partial charge in [-0.15, -0.1) is 11.3 Å². The molecule has 2 aromatic rings. The van der Waals surface area contributed by atoms with Crippen LogP contribution in [0.4, 0.5) is 5.95 Å². The Morgan fingerprint density at radius 3 is 3.04 bits per heavy atom. The van der Waals surface area contributed by atoms with Crippen molar-refractivity contribution >= 4 is 23.2 Å². The van der Waals surface area contributed by atoms with Crippen LogP contribution in [0.25, 0.3) is 0 Å². The summed E-state index contributed by atoms with van der Waals surface area (Å²) >= 11 is 1.40. The summed E-state index contributed by atoms with van der Waals surface area (Å²) in [6, 6.07) is 1.90. The van der Waals surface area contributed by atoms with Gasteiger partial charge in [0.05, 0.1) is 11.5 Å². The Balaban J connectivity index is 1.73. The number of methoxy groups -OCH3 is 1. The summed E-state index contributed by atoms with van der Waals surface area (Å²) in [7, 11) is 3.42. The maximum atomic E-state index is 12.5. The first kappa shape index (κ1) is 16.1. The lowest BCUT2D eigenvalue weighted by Gasteiger charge is -2.19. The van der Waals surface area contributed by atoms with Crippen molar-refractivity contribution in [1.29, 1.82) is 0 Å². The molecule has 0 saturated carbocycles. The molecule has 2 N–H and O–H groups in total. The van der Waals surface area contributed by atoms with Gasteiger partial charge in [0.25, 0.3) is 5.91 Å². The molecule has 3 heterocycles. The smallest absolute Gasteiger partial charge is 0.268 e. The number of aryl methyl sites for hydroxylation is 1. The number of nitrogens with one attached hydrogen (secondary N) is 2. The van der Waals surface area contributed by atoms with Crippen LogP contribution >= 0.6 is 11.3 Å². The van der Waals surface area contributed by atoms with Crippen LogP contribution in [0, 0.1) is 0 Å². The molecule has 1 amide bonds. The normalized spacial score (nSPS) is 15.7. The Kier molecular flexibility index (Phi) is 5.04. The molecule has 1 fully saturated rings. The maximum Gasteiger partial charge on any atom is 0.268 e. The van der Waals surface area contributed by atoms with Gasteiger partial charge >= 0.3 is 0 Å². The number of rotatable bonds is 5. The van der Waals surface area contributed by atoms with E-state index in [1.807, 2.05) is 11.4 Å². The van der Waals surface area contributed by atoms with Crippen LogP contribution in [0.1, 0.15) is 39.8 Å². The molecule has 0 aromatic carbocycles. The number of piperidine rings is 1. The van der Waals surface area contributed by atoms with E-state index in [1.54, 1.807) is 18.8 Å². The number of hydrogen-bond donors (Lipinski definition) is 2. The average molecular weight is 335 g/mol. The van der Waals surface area contributed by atoms with Gasteiger partial charge in [-0.3, -0.25) is 10.1 Å². The summed E-state index contributed by atoms with van der Waals surface area (Å²) in [5.74, 6) is 1.49. The highest BCUT2D eigenvalue weighted by Crippen LogP contribution is 2.24. The van der Waals surface area contributed by atoms with Crippen molar-refractivity contribution in [3.63, 3.8) is 0 Å². The third-order valence-electron chi connectivity index (χ3n) is 3.96. The second kappa shape index (κ2) is 7.20. The van der Waals surface area contributed by atoms with E-state index < -0.39 is 0 Å². The van der Waals surface area contributed by atoms with E-state index in [0.717, 1.165) is 37.3 Å². The fraction of sp³-hybridized carbons (Fsp3) is 0.533. The minimum absolute atomic E-state index is 0.167.